The van der Waals surface area contributed by atoms with Gasteiger partial charge in [0.1, 0.15) is 22.9 Å². The number of nitrogens with zero attached hydrogens (tertiary/aromatic N) is 2. The molecule has 212 valence electrons. The van der Waals surface area contributed by atoms with E-state index < -0.39 is 29.9 Å². The minimum Gasteiger partial charge on any atom is -0.449 e. The van der Waals surface area contributed by atoms with Gasteiger partial charge in [0.05, 0.1) is 12.6 Å². The number of halogens is 1. The van der Waals surface area contributed by atoms with Gasteiger partial charge in [-0.2, -0.15) is 0 Å². The van der Waals surface area contributed by atoms with Crippen molar-refractivity contribution in [2.75, 3.05) is 19.7 Å². The van der Waals surface area contributed by atoms with Gasteiger partial charge in [0.15, 0.2) is 6.10 Å². The van der Waals surface area contributed by atoms with Gasteiger partial charge in [0.2, 0.25) is 5.91 Å². The number of hydrogen-bond acceptors (Lipinski definition) is 7. The minimum absolute atomic E-state index is 0.0691. The van der Waals surface area contributed by atoms with Gasteiger partial charge < -0.3 is 24.9 Å². The van der Waals surface area contributed by atoms with Crippen molar-refractivity contribution in [1.29, 1.82) is 0 Å². The molecule has 0 bridgehead atoms. The van der Waals surface area contributed by atoms with E-state index in [-0.39, 0.29) is 44.0 Å². The molecule has 0 aromatic heterocycles. The topological polar surface area (TPSA) is 119 Å². The lowest BCUT2D eigenvalue weighted by Crippen LogP contribution is -2.48. The summed E-state index contributed by atoms with van der Waals surface area (Å²) in [5.41, 5.74) is 3.79. The van der Waals surface area contributed by atoms with E-state index in [9.17, 15) is 14.4 Å². The molecule has 5 rings (SSSR count). The number of fused-ring (bicyclic) bond motifs is 3. The van der Waals surface area contributed by atoms with Crippen molar-refractivity contribution in [3.8, 4) is 11.1 Å². The Hall–Kier alpha value is -3.60. The van der Waals surface area contributed by atoms with Gasteiger partial charge in [-0.3, -0.25) is 9.69 Å². The molecule has 2 aromatic carbocycles. The van der Waals surface area contributed by atoms with Crippen LogP contribution in [0.2, 0.25) is 0 Å². The molecule has 1 unspecified atom stereocenters. The minimum atomic E-state index is -0.820. The standard InChI is InChI=1S/C29H33BrN4O6/c1-29(2,3)39-28(37)34-15-17(12-24(34)26(35)31-14-18-13-25(30)33-40-18)32-27(36)38-16-23-21-10-6-4-8-19(21)20-9-5-7-11-22(20)23/h4-11,17-18,23-24H,12-16H2,1-3H3,(H,31,35)(H,32,36)/t17-,18?,24+/m1/s1. The molecular weight excluding hydrogens is 580 g/mol. The van der Waals surface area contributed by atoms with Crippen LogP contribution in [-0.4, -0.2) is 71.1 Å². The zero-order chi connectivity index (χ0) is 28.4. The molecule has 0 saturated carbocycles. The van der Waals surface area contributed by atoms with Gasteiger partial charge in [-0.25, -0.2) is 9.59 Å². The van der Waals surface area contributed by atoms with E-state index in [4.69, 9.17) is 14.3 Å². The van der Waals surface area contributed by atoms with Gasteiger partial charge in [-0.15, -0.1) is 0 Å². The van der Waals surface area contributed by atoms with Crippen molar-refractivity contribution in [1.82, 2.24) is 15.5 Å². The Morgan fingerprint density at radius 2 is 1.73 bits per heavy atom. The van der Waals surface area contributed by atoms with Crippen LogP contribution in [0.25, 0.3) is 11.1 Å². The lowest BCUT2D eigenvalue weighted by atomic mass is 9.98. The van der Waals surface area contributed by atoms with Crippen LogP contribution >= 0.6 is 15.9 Å². The number of carbonyl (C=O) groups is 3. The Morgan fingerprint density at radius 1 is 1.07 bits per heavy atom. The maximum absolute atomic E-state index is 13.1. The first-order valence-corrected chi connectivity index (χ1v) is 14.2. The number of oxime groups is 1. The van der Waals surface area contributed by atoms with E-state index in [1.165, 1.54) is 4.90 Å². The van der Waals surface area contributed by atoms with Crippen LogP contribution in [0.15, 0.2) is 53.7 Å². The van der Waals surface area contributed by atoms with E-state index in [0.29, 0.717) is 11.0 Å². The maximum atomic E-state index is 13.1. The van der Waals surface area contributed by atoms with Crippen LogP contribution in [0.4, 0.5) is 9.59 Å². The molecule has 2 heterocycles. The number of nitrogens with one attached hydrogen (secondary N) is 2. The van der Waals surface area contributed by atoms with E-state index in [0.717, 1.165) is 22.3 Å². The monoisotopic (exact) mass is 612 g/mol. The SMILES string of the molecule is CC(C)(C)OC(=O)N1C[C@H](NC(=O)OCC2c3ccccc3-c3ccccc32)C[C@H]1C(=O)NCC1CC(Br)=NO1. The third kappa shape index (κ3) is 6.24. The van der Waals surface area contributed by atoms with E-state index in [1.807, 2.05) is 24.3 Å². The highest BCUT2D eigenvalue weighted by Crippen LogP contribution is 2.44. The first-order chi connectivity index (χ1) is 19.1. The molecular formula is C29H33BrN4O6. The van der Waals surface area contributed by atoms with Crippen molar-refractivity contribution >= 4 is 38.6 Å². The molecule has 3 atom stereocenters. The van der Waals surface area contributed by atoms with Gasteiger partial charge >= 0.3 is 12.2 Å². The van der Waals surface area contributed by atoms with Crippen molar-refractivity contribution in [2.45, 2.75) is 63.3 Å². The first-order valence-electron chi connectivity index (χ1n) is 13.4. The third-order valence-corrected chi connectivity index (χ3v) is 7.57. The Morgan fingerprint density at radius 3 is 2.33 bits per heavy atom. The molecule has 40 heavy (non-hydrogen) atoms. The first kappa shape index (κ1) is 27.9. The fourth-order valence-electron chi connectivity index (χ4n) is 5.35. The second kappa shape index (κ2) is 11.5. The molecule has 1 aliphatic carbocycles. The van der Waals surface area contributed by atoms with Crippen LogP contribution in [-0.2, 0) is 19.1 Å². The number of alkyl carbamates (subject to hydrolysis) is 1. The van der Waals surface area contributed by atoms with Crippen LogP contribution in [0.5, 0.6) is 0 Å². The van der Waals surface area contributed by atoms with Gasteiger partial charge in [0, 0.05) is 18.9 Å². The Balaban J connectivity index is 1.21. The lowest BCUT2D eigenvalue weighted by Gasteiger charge is -2.28. The smallest absolute Gasteiger partial charge is 0.411 e. The van der Waals surface area contributed by atoms with Crippen LogP contribution in [0.3, 0.4) is 0 Å². The average molecular weight is 614 g/mol. The number of likely N-dealkylation sites (tertiary alicyclic amines) is 1. The molecule has 10 nitrogen and oxygen atoms in total. The quantitative estimate of drug-likeness (QED) is 0.495. The Bertz CT molecular complexity index is 1280. The van der Waals surface area contributed by atoms with E-state index >= 15 is 0 Å². The lowest BCUT2D eigenvalue weighted by molar-refractivity contribution is -0.126. The summed E-state index contributed by atoms with van der Waals surface area (Å²) < 4.78 is 11.9. The summed E-state index contributed by atoms with van der Waals surface area (Å²) >= 11 is 3.28. The second-order valence-electron chi connectivity index (χ2n) is 11.2. The molecule has 1 saturated heterocycles. The van der Waals surface area contributed by atoms with Gasteiger partial charge in [-0.05, 0) is 65.4 Å². The highest BCUT2D eigenvalue weighted by Gasteiger charge is 2.42. The fraction of sp³-hybridized carbons (Fsp3) is 0.448. The summed E-state index contributed by atoms with van der Waals surface area (Å²) in [6.45, 7) is 5.81. The zero-order valence-electron chi connectivity index (χ0n) is 22.7. The number of ether oxygens (including phenoxy) is 2. The Kier molecular flexibility index (Phi) is 8.02. The van der Waals surface area contributed by atoms with Crippen LogP contribution in [0, 0.1) is 0 Å². The number of amides is 3. The molecule has 3 amide bonds. The highest BCUT2D eigenvalue weighted by atomic mass is 79.9. The van der Waals surface area contributed by atoms with Crippen molar-refractivity contribution in [3.63, 3.8) is 0 Å². The Labute approximate surface area is 241 Å². The second-order valence-corrected chi connectivity index (χ2v) is 12.1. The summed E-state index contributed by atoms with van der Waals surface area (Å²) in [5.74, 6) is -0.422. The fourth-order valence-corrected chi connectivity index (χ4v) is 5.80. The zero-order valence-corrected chi connectivity index (χ0v) is 24.3. The van der Waals surface area contributed by atoms with Crippen LogP contribution in [0.1, 0.15) is 50.7 Å². The van der Waals surface area contributed by atoms with Gasteiger partial charge in [0.25, 0.3) is 0 Å². The molecule has 1 fully saturated rings. The molecule has 2 aromatic rings. The maximum Gasteiger partial charge on any atom is 0.411 e. The van der Waals surface area contributed by atoms with Crippen LogP contribution < -0.4 is 10.6 Å². The number of hydrogen-bond donors (Lipinski definition) is 2. The summed E-state index contributed by atoms with van der Waals surface area (Å²) in [6.07, 6.45) is -0.733. The van der Waals surface area contributed by atoms with Crippen molar-refractivity contribution < 1.29 is 28.7 Å². The summed E-state index contributed by atoms with van der Waals surface area (Å²) in [5, 5.41) is 9.51. The molecule has 0 radical (unpaired) electrons. The van der Waals surface area contributed by atoms with E-state index in [1.54, 1.807) is 20.8 Å². The summed E-state index contributed by atoms with van der Waals surface area (Å²) in [6, 6.07) is 14.9. The highest BCUT2D eigenvalue weighted by molar-refractivity contribution is 9.18. The van der Waals surface area contributed by atoms with Crippen molar-refractivity contribution in [2.24, 2.45) is 5.16 Å². The number of carbonyl (C=O) groups excluding carboxylic acids is 3. The molecule has 11 heteroatoms. The number of rotatable bonds is 6. The third-order valence-electron chi connectivity index (χ3n) is 7.10. The number of benzene rings is 2. The molecule has 3 aliphatic rings. The summed E-state index contributed by atoms with van der Waals surface area (Å²) in [7, 11) is 0. The predicted octanol–water partition coefficient (Wildman–Crippen LogP) is 4.52. The molecule has 2 aliphatic heterocycles. The normalized spacial score (nSPS) is 21.6. The molecule has 0 spiro atoms. The predicted molar refractivity (Wildman–Crippen MR) is 152 cm³/mol. The molecule has 2 N–H and O–H groups in total. The largest absolute Gasteiger partial charge is 0.449 e. The van der Waals surface area contributed by atoms with E-state index in [2.05, 4.69) is 56.0 Å². The van der Waals surface area contributed by atoms with Gasteiger partial charge in [-0.1, -0.05) is 53.7 Å². The summed E-state index contributed by atoms with van der Waals surface area (Å²) in [4.78, 5) is 45.6. The van der Waals surface area contributed by atoms with Crippen molar-refractivity contribution in [3.05, 3.63) is 59.7 Å². The average Bonchev–Trinajstić information content (AvgIpc) is 3.61.